The standard InChI is InChI=1S/C16H17N5O3S/c1-4-12(16(22)24-3)25-15-13-14(17-9-18-15)21(20-19-13)10-6-5-7-11(8-10)23-2/h5-9,12H,4H2,1-3H3/t12-/m0/s1. The van der Waals surface area contributed by atoms with Gasteiger partial charge in [-0.2, -0.15) is 4.68 Å². The van der Waals surface area contributed by atoms with Gasteiger partial charge in [0.15, 0.2) is 11.2 Å². The molecule has 0 aliphatic heterocycles. The number of fused-ring (bicyclic) bond motifs is 1. The number of rotatable bonds is 6. The molecule has 0 saturated carbocycles. The van der Waals surface area contributed by atoms with E-state index < -0.39 is 0 Å². The predicted octanol–water partition coefficient (Wildman–Crippen LogP) is 2.26. The van der Waals surface area contributed by atoms with Gasteiger partial charge in [-0.1, -0.05) is 30.0 Å². The molecule has 0 aliphatic rings. The van der Waals surface area contributed by atoms with E-state index in [-0.39, 0.29) is 11.2 Å². The van der Waals surface area contributed by atoms with Crippen LogP contribution in [0.4, 0.5) is 0 Å². The summed E-state index contributed by atoms with van der Waals surface area (Å²) >= 11 is 1.30. The molecule has 3 rings (SSSR count). The maximum Gasteiger partial charge on any atom is 0.319 e. The lowest BCUT2D eigenvalue weighted by Crippen LogP contribution is -2.17. The van der Waals surface area contributed by atoms with E-state index in [1.807, 2.05) is 31.2 Å². The van der Waals surface area contributed by atoms with Crippen molar-refractivity contribution in [1.82, 2.24) is 25.0 Å². The number of aromatic nitrogens is 5. The first-order valence-electron chi connectivity index (χ1n) is 7.63. The number of hydrogen-bond acceptors (Lipinski definition) is 8. The van der Waals surface area contributed by atoms with Crippen LogP contribution in [0.5, 0.6) is 5.75 Å². The highest BCUT2D eigenvalue weighted by Crippen LogP contribution is 2.29. The monoisotopic (exact) mass is 359 g/mol. The molecule has 0 N–H and O–H groups in total. The summed E-state index contributed by atoms with van der Waals surface area (Å²) in [6, 6.07) is 7.44. The van der Waals surface area contributed by atoms with E-state index >= 15 is 0 Å². The van der Waals surface area contributed by atoms with E-state index in [9.17, 15) is 4.79 Å². The van der Waals surface area contributed by atoms with E-state index in [0.717, 1.165) is 5.69 Å². The molecule has 0 bridgehead atoms. The second kappa shape index (κ2) is 7.47. The Labute approximate surface area is 148 Å². The van der Waals surface area contributed by atoms with Crippen molar-refractivity contribution in [3.05, 3.63) is 30.6 Å². The topological polar surface area (TPSA) is 92.0 Å². The first-order chi connectivity index (χ1) is 12.2. The Morgan fingerprint density at radius 1 is 1.32 bits per heavy atom. The first kappa shape index (κ1) is 17.2. The Morgan fingerprint density at radius 2 is 2.16 bits per heavy atom. The van der Waals surface area contributed by atoms with Gasteiger partial charge in [-0.15, -0.1) is 5.10 Å². The Kier molecular flexibility index (Phi) is 5.13. The summed E-state index contributed by atoms with van der Waals surface area (Å²) in [6.45, 7) is 1.92. The lowest BCUT2D eigenvalue weighted by molar-refractivity contribution is -0.140. The molecule has 0 aliphatic carbocycles. The van der Waals surface area contributed by atoms with Crippen LogP contribution in [-0.4, -0.2) is 50.4 Å². The van der Waals surface area contributed by atoms with Crippen molar-refractivity contribution in [2.24, 2.45) is 0 Å². The van der Waals surface area contributed by atoms with Gasteiger partial charge in [0.2, 0.25) is 0 Å². The molecule has 0 unspecified atom stereocenters. The first-order valence-corrected chi connectivity index (χ1v) is 8.51. The molecule has 25 heavy (non-hydrogen) atoms. The van der Waals surface area contributed by atoms with E-state index in [4.69, 9.17) is 9.47 Å². The van der Waals surface area contributed by atoms with Gasteiger partial charge >= 0.3 is 5.97 Å². The number of nitrogens with zero attached hydrogens (tertiary/aromatic N) is 5. The molecule has 0 amide bonds. The zero-order chi connectivity index (χ0) is 17.8. The van der Waals surface area contributed by atoms with Crippen molar-refractivity contribution in [2.45, 2.75) is 23.6 Å². The Bertz CT molecular complexity index is 898. The van der Waals surface area contributed by atoms with E-state index in [1.165, 1.54) is 25.2 Å². The van der Waals surface area contributed by atoms with Crippen LogP contribution in [0.25, 0.3) is 16.9 Å². The maximum atomic E-state index is 11.8. The number of thioether (sulfide) groups is 1. The van der Waals surface area contributed by atoms with Crippen molar-refractivity contribution in [1.29, 1.82) is 0 Å². The summed E-state index contributed by atoms with van der Waals surface area (Å²) in [5.74, 6) is 0.418. The summed E-state index contributed by atoms with van der Waals surface area (Å²) in [5, 5.41) is 8.61. The molecule has 2 heterocycles. The molecule has 1 atom stereocenters. The van der Waals surface area contributed by atoms with Gasteiger partial charge in [0, 0.05) is 6.07 Å². The Balaban J connectivity index is 2.01. The predicted molar refractivity (Wildman–Crippen MR) is 93.0 cm³/mol. The van der Waals surface area contributed by atoms with Gasteiger partial charge in [-0.25, -0.2) is 9.97 Å². The molecule has 8 nitrogen and oxygen atoms in total. The number of ether oxygens (including phenoxy) is 2. The molecular formula is C16H17N5O3S. The average molecular weight is 359 g/mol. The number of carbonyl (C=O) groups is 1. The number of benzene rings is 1. The highest BCUT2D eigenvalue weighted by Gasteiger charge is 2.22. The third-order valence-corrected chi connectivity index (χ3v) is 4.92. The minimum atomic E-state index is -0.356. The molecule has 0 radical (unpaired) electrons. The van der Waals surface area contributed by atoms with Crippen LogP contribution in [0, 0.1) is 0 Å². The fraction of sp³-hybridized carbons (Fsp3) is 0.312. The van der Waals surface area contributed by atoms with Crippen LogP contribution >= 0.6 is 11.8 Å². The zero-order valence-corrected chi connectivity index (χ0v) is 14.9. The van der Waals surface area contributed by atoms with E-state index in [0.29, 0.717) is 28.4 Å². The minimum Gasteiger partial charge on any atom is -0.497 e. The summed E-state index contributed by atoms with van der Waals surface area (Å²) in [5.41, 5.74) is 1.87. The van der Waals surface area contributed by atoms with Gasteiger partial charge in [0.05, 0.1) is 19.9 Å². The lowest BCUT2D eigenvalue weighted by atomic mass is 10.3. The number of methoxy groups -OCH3 is 2. The molecule has 9 heteroatoms. The van der Waals surface area contributed by atoms with Crippen LogP contribution in [-0.2, 0) is 9.53 Å². The van der Waals surface area contributed by atoms with Gasteiger partial charge in [-0.05, 0) is 18.6 Å². The number of hydrogen-bond donors (Lipinski definition) is 0. The molecule has 3 aromatic rings. The van der Waals surface area contributed by atoms with Gasteiger partial charge in [0.25, 0.3) is 0 Å². The number of esters is 1. The number of carbonyl (C=O) groups excluding carboxylic acids is 1. The van der Waals surface area contributed by atoms with Gasteiger partial charge in [0.1, 0.15) is 22.4 Å². The van der Waals surface area contributed by atoms with Crippen LogP contribution in [0.2, 0.25) is 0 Å². The lowest BCUT2D eigenvalue weighted by Gasteiger charge is -2.11. The molecule has 0 spiro atoms. The largest absolute Gasteiger partial charge is 0.497 e. The molecule has 0 saturated heterocycles. The zero-order valence-electron chi connectivity index (χ0n) is 14.0. The summed E-state index contributed by atoms with van der Waals surface area (Å²) in [4.78, 5) is 20.4. The van der Waals surface area contributed by atoms with Crippen molar-refractivity contribution >= 4 is 28.9 Å². The summed E-state index contributed by atoms with van der Waals surface area (Å²) in [7, 11) is 2.98. The Hall–Kier alpha value is -2.68. The highest BCUT2D eigenvalue weighted by atomic mass is 32.2. The Morgan fingerprint density at radius 3 is 2.88 bits per heavy atom. The van der Waals surface area contributed by atoms with Gasteiger partial charge in [-0.3, -0.25) is 4.79 Å². The SMILES string of the molecule is CC[C@H](Sc1ncnc2c1nnn2-c1cccc(OC)c1)C(=O)OC. The summed E-state index contributed by atoms with van der Waals surface area (Å²) < 4.78 is 11.7. The highest BCUT2D eigenvalue weighted by molar-refractivity contribution is 8.00. The van der Waals surface area contributed by atoms with E-state index in [1.54, 1.807) is 11.8 Å². The third kappa shape index (κ3) is 3.41. The van der Waals surface area contributed by atoms with Crippen LogP contribution < -0.4 is 4.74 Å². The second-order valence-corrected chi connectivity index (χ2v) is 6.28. The van der Waals surface area contributed by atoms with Crippen molar-refractivity contribution < 1.29 is 14.3 Å². The van der Waals surface area contributed by atoms with Crippen LogP contribution in [0.3, 0.4) is 0 Å². The second-order valence-electron chi connectivity index (χ2n) is 5.09. The normalized spacial score (nSPS) is 12.1. The molecular weight excluding hydrogens is 342 g/mol. The fourth-order valence-corrected chi connectivity index (χ4v) is 3.28. The minimum absolute atomic E-state index is 0.292. The van der Waals surface area contributed by atoms with Crippen molar-refractivity contribution in [3.63, 3.8) is 0 Å². The third-order valence-electron chi connectivity index (χ3n) is 3.59. The van der Waals surface area contributed by atoms with Gasteiger partial charge < -0.3 is 9.47 Å². The maximum absolute atomic E-state index is 11.8. The molecule has 130 valence electrons. The van der Waals surface area contributed by atoms with Crippen molar-refractivity contribution in [2.75, 3.05) is 14.2 Å². The quantitative estimate of drug-likeness (QED) is 0.376. The average Bonchev–Trinajstić information content (AvgIpc) is 3.10. The van der Waals surface area contributed by atoms with Crippen LogP contribution in [0.15, 0.2) is 35.6 Å². The summed E-state index contributed by atoms with van der Waals surface area (Å²) in [6.07, 6.45) is 2.06. The van der Waals surface area contributed by atoms with E-state index in [2.05, 4.69) is 20.3 Å². The molecule has 2 aromatic heterocycles. The molecule has 0 fully saturated rings. The van der Waals surface area contributed by atoms with Crippen LogP contribution in [0.1, 0.15) is 13.3 Å². The molecule has 1 aromatic carbocycles. The fourth-order valence-electron chi connectivity index (χ4n) is 2.29. The van der Waals surface area contributed by atoms with Crippen molar-refractivity contribution in [3.8, 4) is 11.4 Å². The smallest absolute Gasteiger partial charge is 0.319 e.